The monoisotopic (exact) mass is 297 g/mol. The summed E-state index contributed by atoms with van der Waals surface area (Å²) in [5.74, 6) is 0.271. The number of amidine groups is 1. The SMILES string of the molecule is NC1=NC(=O)N(CC2CC2)C1c1ccccc1C(F)(F)F. The predicted octanol–water partition coefficient (Wildman–Crippen LogP) is 2.95. The molecule has 1 fully saturated rings. The van der Waals surface area contributed by atoms with Crippen LogP contribution in [-0.2, 0) is 6.18 Å². The van der Waals surface area contributed by atoms with Gasteiger partial charge in [-0.05, 0) is 30.4 Å². The van der Waals surface area contributed by atoms with E-state index in [1.165, 1.54) is 23.1 Å². The molecule has 1 aromatic rings. The number of urea groups is 1. The van der Waals surface area contributed by atoms with Gasteiger partial charge in [0.25, 0.3) is 0 Å². The van der Waals surface area contributed by atoms with Crippen LogP contribution in [-0.4, -0.2) is 23.3 Å². The Balaban J connectivity index is 2.01. The molecule has 1 heterocycles. The van der Waals surface area contributed by atoms with E-state index in [1.54, 1.807) is 0 Å². The molecule has 3 rings (SSSR count). The summed E-state index contributed by atoms with van der Waals surface area (Å²) in [5, 5.41) is 0. The first-order chi connectivity index (χ1) is 9.88. The van der Waals surface area contributed by atoms with Gasteiger partial charge < -0.3 is 10.6 Å². The molecule has 0 spiro atoms. The maximum absolute atomic E-state index is 13.1. The lowest BCUT2D eigenvalue weighted by molar-refractivity contribution is -0.138. The Labute approximate surface area is 119 Å². The van der Waals surface area contributed by atoms with E-state index in [2.05, 4.69) is 4.99 Å². The van der Waals surface area contributed by atoms with Crippen molar-refractivity contribution in [2.45, 2.75) is 25.1 Å². The number of amides is 2. The molecule has 2 N–H and O–H groups in total. The predicted molar refractivity (Wildman–Crippen MR) is 70.6 cm³/mol. The molecule has 7 heteroatoms. The summed E-state index contributed by atoms with van der Waals surface area (Å²) in [6, 6.07) is 3.71. The van der Waals surface area contributed by atoms with Gasteiger partial charge in [-0.25, -0.2) is 4.79 Å². The number of hydrogen-bond acceptors (Lipinski definition) is 2. The first-order valence-corrected chi connectivity index (χ1v) is 6.68. The summed E-state index contributed by atoms with van der Waals surface area (Å²) in [4.78, 5) is 16.9. The largest absolute Gasteiger partial charge is 0.416 e. The highest BCUT2D eigenvalue weighted by molar-refractivity contribution is 6.03. The van der Waals surface area contributed by atoms with Gasteiger partial charge in [-0.2, -0.15) is 18.2 Å². The molecule has 0 aromatic heterocycles. The fourth-order valence-electron chi connectivity index (χ4n) is 2.59. The molecule has 0 bridgehead atoms. The number of hydrogen-bond donors (Lipinski definition) is 1. The van der Waals surface area contributed by atoms with Gasteiger partial charge in [0.1, 0.15) is 11.9 Å². The van der Waals surface area contributed by atoms with Gasteiger partial charge in [0.2, 0.25) is 0 Å². The van der Waals surface area contributed by atoms with Gasteiger partial charge in [-0.15, -0.1) is 0 Å². The highest BCUT2D eigenvalue weighted by Crippen LogP contribution is 2.40. The molecule has 21 heavy (non-hydrogen) atoms. The Morgan fingerprint density at radius 2 is 1.95 bits per heavy atom. The van der Waals surface area contributed by atoms with Gasteiger partial charge in [0.15, 0.2) is 0 Å². The van der Waals surface area contributed by atoms with Gasteiger partial charge in [0, 0.05) is 6.54 Å². The maximum atomic E-state index is 13.1. The zero-order valence-corrected chi connectivity index (χ0v) is 11.1. The van der Waals surface area contributed by atoms with Gasteiger partial charge >= 0.3 is 12.2 Å². The maximum Gasteiger partial charge on any atom is 0.416 e. The molecule has 4 nitrogen and oxygen atoms in total. The van der Waals surface area contributed by atoms with Crippen molar-refractivity contribution in [3.63, 3.8) is 0 Å². The van der Waals surface area contributed by atoms with Crippen LogP contribution in [0.3, 0.4) is 0 Å². The summed E-state index contributed by atoms with van der Waals surface area (Å²) in [5.41, 5.74) is 4.93. The highest BCUT2D eigenvalue weighted by atomic mass is 19.4. The minimum absolute atomic E-state index is 0.0160. The zero-order valence-electron chi connectivity index (χ0n) is 11.1. The molecular weight excluding hydrogens is 283 g/mol. The normalized spacial score (nSPS) is 22.6. The molecule has 1 aliphatic carbocycles. The number of nitrogens with zero attached hydrogens (tertiary/aromatic N) is 2. The molecule has 0 saturated heterocycles. The number of rotatable bonds is 3. The molecule has 1 atom stereocenters. The Morgan fingerprint density at radius 1 is 1.29 bits per heavy atom. The topological polar surface area (TPSA) is 58.7 Å². The lowest BCUT2D eigenvalue weighted by atomic mass is 9.98. The average Bonchev–Trinajstić information content (AvgIpc) is 3.16. The van der Waals surface area contributed by atoms with Gasteiger partial charge in [0.05, 0.1) is 5.56 Å². The quantitative estimate of drug-likeness (QED) is 0.932. The standard InChI is InChI=1S/C14H14F3N3O/c15-14(16,17)10-4-2-1-3-9(10)11-12(18)19-13(21)20(11)7-8-5-6-8/h1-4,8,11H,5-7H2,(H2,18,19,21). The number of halogens is 3. The molecule has 1 aliphatic heterocycles. The second kappa shape index (κ2) is 4.75. The Bertz CT molecular complexity index is 608. The molecule has 2 amide bonds. The fraction of sp³-hybridized carbons (Fsp3) is 0.429. The minimum atomic E-state index is -4.49. The molecule has 112 valence electrons. The molecule has 1 saturated carbocycles. The number of aliphatic imine (C=N–C) groups is 1. The van der Waals surface area contributed by atoms with Crippen LogP contribution in [0, 0.1) is 5.92 Å². The summed E-state index contributed by atoms with van der Waals surface area (Å²) < 4.78 is 39.4. The van der Waals surface area contributed by atoms with Crippen molar-refractivity contribution in [1.82, 2.24) is 4.90 Å². The van der Waals surface area contributed by atoms with Crippen LogP contribution in [0.4, 0.5) is 18.0 Å². The van der Waals surface area contributed by atoms with Crippen molar-refractivity contribution in [3.05, 3.63) is 35.4 Å². The van der Waals surface area contributed by atoms with E-state index in [4.69, 9.17) is 5.73 Å². The molecule has 1 aromatic carbocycles. The number of carbonyl (C=O) groups excluding carboxylic acids is 1. The van der Waals surface area contributed by atoms with Crippen LogP contribution in [0.5, 0.6) is 0 Å². The Morgan fingerprint density at radius 3 is 2.57 bits per heavy atom. The Hall–Kier alpha value is -2.05. The van der Waals surface area contributed by atoms with E-state index < -0.39 is 23.8 Å². The molecule has 1 unspecified atom stereocenters. The van der Waals surface area contributed by atoms with Crippen molar-refractivity contribution in [2.75, 3.05) is 6.54 Å². The fourth-order valence-corrected chi connectivity index (χ4v) is 2.59. The number of nitrogens with two attached hydrogens (primary N) is 1. The smallest absolute Gasteiger partial charge is 0.385 e. The Kier molecular flexibility index (Phi) is 3.15. The van der Waals surface area contributed by atoms with Gasteiger partial charge in [-0.1, -0.05) is 18.2 Å². The molecular formula is C14H14F3N3O. The highest BCUT2D eigenvalue weighted by Gasteiger charge is 2.42. The second-order valence-electron chi connectivity index (χ2n) is 5.40. The van der Waals surface area contributed by atoms with Crippen LogP contribution >= 0.6 is 0 Å². The number of benzene rings is 1. The average molecular weight is 297 g/mol. The van der Waals surface area contributed by atoms with Crippen LogP contribution in [0.25, 0.3) is 0 Å². The van der Waals surface area contributed by atoms with E-state index in [0.717, 1.165) is 18.9 Å². The number of alkyl halides is 3. The molecule has 2 aliphatic rings. The van der Waals surface area contributed by atoms with E-state index >= 15 is 0 Å². The lowest BCUT2D eigenvalue weighted by Gasteiger charge is -2.26. The first kappa shape index (κ1) is 13.9. The van der Waals surface area contributed by atoms with Crippen molar-refractivity contribution < 1.29 is 18.0 Å². The first-order valence-electron chi connectivity index (χ1n) is 6.68. The van der Waals surface area contributed by atoms with Crippen molar-refractivity contribution in [3.8, 4) is 0 Å². The summed E-state index contributed by atoms with van der Waals surface area (Å²) in [7, 11) is 0. The summed E-state index contributed by atoms with van der Waals surface area (Å²) in [6.45, 7) is 0.403. The summed E-state index contributed by atoms with van der Waals surface area (Å²) in [6.07, 6.45) is -2.53. The van der Waals surface area contributed by atoms with Crippen LogP contribution in [0.1, 0.15) is 30.0 Å². The third kappa shape index (κ3) is 2.59. The number of carbonyl (C=O) groups is 1. The van der Waals surface area contributed by atoms with Crippen LogP contribution in [0.15, 0.2) is 29.3 Å². The lowest BCUT2D eigenvalue weighted by Crippen LogP contribution is -2.36. The van der Waals surface area contributed by atoms with Crippen LogP contribution in [0.2, 0.25) is 0 Å². The molecule has 0 radical (unpaired) electrons. The van der Waals surface area contributed by atoms with E-state index in [-0.39, 0.29) is 11.4 Å². The summed E-state index contributed by atoms with van der Waals surface area (Å²) >= 11 is 0. The van der Waals surface area contributed by atoms with Crippen molar-refractivity contribution >= 4 is 11.9 Å². The van der Waals surface area contributed by atoms with E-state index in [1.807, 2.05) is 0 Å². The van der Waals surface area contributed by atoms with E-state index in [9.17, 15) is 18.0 Å². The van der Waals surface area contributed by atoms with Crippen molar-refractivity contribution in [1.29, 1.82) is 0 Å². The minimum Gasteiger partial charge on any atom is -0.385 e. The third-order valence-electron chi connectivity index (χ3n) is 3.77. The van der Waals surface area contributed by atoms with E-state index in [0.29, 0.717) is 12.5 Å². The van der Waals surface area contributed by atoms with Crippen LogP contribution < -0.4 is 5.73 Å². The second-order valence-corrected chi connectivity index (χ2v) is 5.40. The third-order valence-corrected chi connectivity index (χ3v) is 3.77. The zero-order chi connectivity index (χ0) is 15.2. The van der Waals surface area contributed by atoms with Crippen molar-refractivity contribution in [2.24, 2.45) is 16.6 Å². The van der Waals surface area contributed by atoms with Gasteiger partial charge in [-0.3, -0.25) is 0 Å².